The summed E-state index contributed by atoms with van der Waals surface area (Å²) in [6, 6.07) is 0. The molecule has 0 rings (SSSR count). The van der Waals surface area contributed by atoms with Gasteiger partial charge in [0, 0.05) is 12.1 Å². The Morgan fingerprint density at radius 1 is 0.917 bits per heavy atom. The zero-order valence-corrected chi connectivity index (χ0v) is 15.9. The second-order valence-electron chi connectivity index (χ2n) is 7.43. The van der Waals surface area contributed by atoms with E-state index in [4.69, 9.17) is 5.11 Å². The maximum absolute atomic E-state index is 11.3. The lowest BCUT2D eigenvalue weighted by molar-refractivity contribution is -0.883. The molecule has 24 heavy (non-hydrogen) atoms. The number of quaternary nitrogens is 1. The molecule has 0 aromatic carbocycles. The van der Waals surface area contributed by atoms with E-state index in [1.807, 2.05) is 14.1 Å². The highest BCUT2D eigenvalue weighted by Crippen LogP contribution is 2.11. The molecule has 0 aliphatic rings. The number of likely N-dealkylation sites (N-methyl/N-ethyl adjacent to an activating group) is 1. The van der Waals surface area contributed by atoms with Gasteiger partial charge in [0.15, 0.2) is 6.54 Å². The Kier molecular flexibility index (Phi) is 12.3. The molecular formula is C19H37N2O3+. The summed E-state index contributed by atoms with van der Waals surface area (Å²) in [6.45, 7) is 7.22. The van der Waals surface area contributed by atoms with Crippen LogP contribution in [0.1, 0.15) is 64.7 Å². The van der Waals surface area contributed by atoms with E-state index < -0.39 is 5.97 Å². The van der Waals surface area contributed by atoms with Gasteiger partial charge >= 0.3 is 5.97 Å². The summed E-state index contributed by atoms with van der Waals surface area (Å²) >= 11 is 0. The molecule has 0 saturated heterocycles. The largest absolute Gasteiger partial charge is 0.477 e. The lowest BCUT2D eigenvalue weighted by Crippen LogP contribution is -2.44. The van der Waals surface area contributed by atoms with Crippen LogP contribution < -0.4 is 5.32 Å². The molecule has 0 aliphatic heterocycles. The van der Waals surface area contributed by atoms with Gasteiger partial charge in [0.1, 0.15) is 0 Å². The van der Waals surface area contributed by atoms with Gasteiger partial charge in [-0.3, -0.25) is 4.79 Å². The molecule has 0 fully saturated rings. The van der Waals surface area contributed by atoms with Crippen molar-refractivity contribution in [1.29, 1.82) is 0 Å². The van der Waals surface area contributed by atoms with Crippen LogP contribution in [0.15, 0.2) is 12.2 Å². The van der Waals surface area contributed by atoms with Crippen LogP contribution in [0.2, 0.25) is 0 Å². The first-order valence-corrected chi connectivity index (χ1v) is 9.22. The van der Waals surface area contributed by atoms with Gasteiger partial charge in [0.25, 0.3) is 0 Å². The van der Waals surface area contributed by atoms with Crippen molar-refractivity contribution in [3.05, 3.63) is 12.2 Å². The number of carboxylic acid groups (broad SMARTS) is 1. The predicted molar refractivity (Wildman–Crippen MR) is 98.9 cm³/mol. The molecule has 5 nitrogen and oxygen atoms in total. The lowest BCUT2D eigenvalue weighted by Gasteiger charge is -2.27. The van der Waals surface area contributed by atoms with Gasteiger partial charge < -0.3 is 14.9 Å². The van der Waals surface area contributed by atoms with Crippen molar-refractivity contribution in [2.45, 2.75) is 64.7 Å². The normalized spacial score (nSPS) is 11.3. The summed E-state index contributed by atoms with van der Waals surface area (Å²) in [5, 5.41) is 11.7. The standard InChI is InChI=1S/C19H36N2O3/c1-17(2)19(24)20-14-12-10-8-6-5-7-9-11-13-15-21(3,4)16-18(22)23/h1,5-16H2,2-4H3,(H-,20,22,23,24)/p+1. The number of hydrogen-bond donors (Lipinski definition) is 2. The number of hydrogen-bond acceptors (Lipinski definition) is 2. The number of carbonyl (C=O) groups excluding carboxylic acids is 1. The molecule has 0 unspecified atom stereocenters. The number of unbranched alkanes of at least 4 members (excludes halogenated alkanes) is 8. The van der Waals surface area contributed by atoms with Gasteiger partial charge in [0.2, 0.25) is 5.91 Å². The molecule has 0 spiro atoms. The summed E-state index contributed by atoms with van der Waals surface area (Å²) in [5.74, 6) is -0.764. The molecule has 0 radical (unpaired) electrons. The van der Waals surface area contributed by atoms with Gasteiger partial charge in [-0.25, -0.2) is 4.79 Å². The average molecular weight is 342 g/mol. The number of nitrogens with zero attached hydrogens (tertiary/aromatic N) is 1. The van der Waals surface area contributed by atoms with Crippen LogP contribution >= 0.6 is 0 Å². The first-order valence-electron chi connectivity index (χ1n) is 9.22. The fourth-order valence-electron chi connectivity index (χ4n) is 2.70. The quantitative estimate of drug-likeness (QED) is 0.273. The zero-order chi connectivity index (χ0) is 18.4. The third kappa shape index (κ3) is 14.2. The number of carbonyl (C=O) groups is 2. The van der Waals surface area contributed by atoms with Crippen LogP contribution in [0.5, 0.6) is 0 Å². The van der Waals surface area contributed by atoms with Gasteiger partial charge in [-0.05, 0) is 26.2 Å². The van der Waals surface area contributed by atoms with E-state index in [0.717, 1.165) is 32.4 Å². The molecule has 140 valence electrons. The molecule has 0 aliphatic carbocycles. The Hall–Kier alpha value is -1.36. The van der Waals surface area contributed by atoms with Crippen molar-refractivity contribution >= 4 is 11.9 Å². The first-order chi connectivity index (χ1) is 11.2. The second-order valence-corrected chi connectivity index (χ2v) is 7.43. The van der Waals surface area contributed by atoms with Crippen LogP contribution in [-0.2, 0) is 9.59 Å². The summed E-state index contributed by atoms with van der Waals surface area (Å²) in [5.41, 5.74) is 0.570. The SMILES string of the molecule is C=C(C)C(=O)NCCCCCCCCCCC[N+](C)(C)CC(=O)O. The van der Waals surface area contributed by atoms with Crippen LogP contribution in [0, 0.1) is 0 Å². The molecule has 0 saturated carbocycles. The Morgan fingerprint density at radius 2 is 1.38 bits per heavy atom. The number of carboxylic acids is 1. The fourth-order valence-corrected chi connectivity index (χ4v) is 2.70. The predicted octanol–water partition coefficient (Wildman–Crippen LogP) is 3.35. The summed E-state index contributed by atoms with van der Waals surface area (Å²) < 4.78 is 0.567. The molecule has 0 aromatic rings. The van der Waals surface area contributed by atoms with Crippen molar-refractivity contribution in [3.63, 3.8) is 0 Å². The van der Waals surface area contributed by atoms with E-state index in [0.29, 0.717) is 10.1 Å². The maximum Gasteiger partial charge on any atom is 0.359 e. The van der Waals surface area contributed by atoms with Gasteiger partial charge in [0.05, 0.1) is 20.6 Å². The van der Waals surface area contributed by atoms with E-state index in [9.17, 15) is 9.59 Å². The van der Waals surface area contributed by atoms with Gasteiger partial charge in [-0.2, -0.15) is 0 Å². The molecule has 2 N–H and O–H groups in total. The Bertz CT molecular complexity index is 392. The maximum atomic E-state index is 11.3. The molecule has 0 atom stereocenters. The Morgan fingerprint density at radius 3 is 1.83 bits per heavy atom. The highest BCUT2D eigenvalue weighted by atomic mass is 16.4. The van der Waals surface area contributed by atoms with Crippen molar-refractivity contribution < 1.29 is 19.2 Å². The van der Waals surface area contributed by atoms with Crippen molar-refractivity contribution in [1.82, 2.24) is 5.32 Å². The van der Waals surface area contributed by atoms with Crippen molar-refractivity contribution in [2.75, 3.05) is 33.7 Å². The topological polar surface area (TPSA) is 66.4 Å². The molecular weight excluding hydrogens is 304 g/mol. The van der Waals surface area contributed by atoms with Crippen LogP contribution in [-0.4, -0.2) is 55.2 Å². The minimum Gasteiger partial charge on any atom is -0.477 e. The third-order valence-electron chi connectivity index (χ3n) is 4.18. The molecule has 5 heteroatoms. The Balaban J connectivity index is 3.33. The summed E-state index contributed by atoms with van der Waals surface area (Å²) in [4.78, 5) is 22.0. The molecule has 1 amide bonds. The van der Waals surface area contributed by atoms with E-state index >= 15 is 0 Å². The smallest absolute Gasteiger partial charge is 0.359 e. The third-order valence-corrected chi connectivity index (χ3v) is 4.18. The second kappa shape index (κ2) is 13.0. The zero-order valence-electron chi connectivity index (χ0n) is 15.9. The van der Waals surface area contributed by atoms with Crippen molar-refractivity contribution in [3.8, 4) is 0 Å². The minimum absolute atomic E-state index is 0.0415. The van der Waals surface area contributed by atoms with E-state index in [1.165, 1.54) is 38.5 Å². The minimum atomic E-state index is -0.723. The number of aliphatic carboxylic acids is 1. The van der Waals surface area contributed by atoms with E-state index in [2.05, 4.69) is 11.9 Å². The van der Waals surface area contributed by atoms with E-state index in [-0.39, 0.29) is 12.5 Å². The number of nitrogens with one attached hydrogen (secondary N) is 1. The molecule has 0 aromatic heterocycles. The van der Waals surface area contributed by atoms with Gasteiger partial charge in [-0.1, -0.05) is 45.1 Å². The average Bonchev–Trinajstić information content (AvgIpc) is 2.46. The van der Waals surface area contributed by atoms with Crippen LogP contribution in [0.3, 0.4) is 0 Å². The van der Waals surface area contributed by atoms with E-state index in [1.54, 1.807) is 6.92 Å². The highest BCUT2D eigenvalue weighted by molar-refractivity contribution is 5.91. The molecule has 0 heterocycles. The Labute approximate surface area is 147 Å². The monoisotopic (exact) mass is 341 g/mol. The summed E-state index contributed by atoms with van der Waals surface area (Å²) in [7, 11) is 3.96. The fraction of sp³-hybridized carbons (Fsp3) is 0.789. The van der Waals surface area contributed by atoms with Crippen LogP contribution in [0.4, 0.5) is 0 Å². The highest BCUT2D eigenvalue weighted by Gasteiger charge is 2.18. The first kappa shape index (κ1) is 22.6. The summed E-state index contributed by atoms with van der Waals surface area (Å²) in [6.07, 6.45) is 10.7. The van der Waals surface area contributed by atoms with Gasteiger partial charge in [-0.15, -0.1) is 0 Å². The number of amides is 1. The lowest BCUT2D eigenvalue weighted by atomic mass is 10.1. The van der Waals surface area contributed by atoms with Crippen molar-refractivity contribution in [2.24, 2.45) is 0 Å². The van der Waals surface area contributed by atoms with Crippen LogP contribution in [0.25, 0.3) is 0 Å². The number of rotatable bonds is 15. The molecule has 0 bridgehead atoms.